The number of thioether (sulfide) groups is 1. The van der Waals surface area contributed by atoms with Crippen LogP contribution in [0.25, 0.3) is 0 Å². The van der Waals surface area contributed by atoms with Gasteiger partial charge in [-0.15, -0.1) is 0 Å². The molecule has 102 valence electrons. The molecule has 0 aromatic heterocycles. The molecule has 2 nitrogen and oxygen atoms in total. The highest BCUT2D eigenvalue weighted by molar-refractivity contribution is 7.99. The summed E-state index contributed by atoms with van der Waals surface area (Å²) in [5, 5.41) is 0. The number of nitrogens with two attached hydrogens (primary N) is 1. The van der Waals surface area contributed by atoms with Crippen molar-refractivity contribution in [3.63, 3.8) is 0 Å². The third-order valence-electron chi connectivity index (χ3n) is 4.82. The predicted molar refractivity (Wildman–Crippen MR) is 79.6 cm³/mol. The van der Waals surface area contributed by atoms with Crippen molar-refractivity contribution in [3.8, 4) is 0 Å². The number of nitrogens with zero attached hydrogens (tertiary/aromatic N) is 1. The van der Waals surface area contributed by atoms with E-state index in [1.54, 1.807) is 0 Å². The van der Waals surface area contributed by atoms with E-state index in [0.29, 0.717) is 11.5 Å². The van der Waals surface area contributed by atoms with Crippen LogP contribution in [-0.4, -0.2) is 41.1 Å². The van der Waals surface area contributed by atoms with Gasteiger partial charge in [0.15, 0.2) is 0 Å². The molecule has 1 saturated heterocycles. The average molecular weight is 258 g/mol. The summed E-state index contributed by atoms with van der Waals surface area (Å²) in [6.45, 7) is 13.6. The molecule has 1 rings (SSSR count). The average Bonchev–Trinajstić information content (AvgIpc) is 2.31. The van der Waals surface area contributed by atoms with Crippen LogP contribution in [0.5, 0.6) is 0 Å². The molecule has 17 heavy (non-hydrogen) atoms. The van der Waals surface area contributed by atoms with Crippen LogP contribution in [0.3, 0.4) is 0 Å². The second-order valence-electron chi connectivity index (χ2n) is 5.97. The van der Waals surface area contributed by atoms with Gasteiger partial charge in [-0.25, -0.2) is 0 Å². The minimum atomic E-state index is 0.181. The first-order chi connectivity index (χ1) is 7.95. The van der Waals surface area contributed by atoms with E-state index in [9.17, 15) is 0 Å². The SMILES string of the molecule is CCC(C)N(CC)C1(CN)CSCCC1(C)C. The summed E-state index contributed by atoms with van der Waals surface area (Å²) in [6, 6.07) is 0.626. The van der Waals surface area contributed by atoms with Gasteiger partial charge in [-0.05, 0) is 37.5 Å². The molecular weight excluding hydrogens is 228 g/mol. The minimum Gasteiger partial charge on any atom is -0.329 e. The number of likely N-dealkylation sites (N-methyl/N-ethyl adjacent to an activating group) is 1. The lowest BCUT2D eigenvalue weighted by Crippen LogP contribution is -2.67. The highest BCUT2D eigenvalue weighted by Crippen LogP contribution is 2.46. The second-order valence-corrected chi connectivity index (χ2v) is 7.07. The van der Waals surface area contributed by atoms with E-state index in [1.807, 2.05) is 0 Å². The minimum absolute atomic E-state index is 0.181. The Labute approximate surface area is 112 Å². The summed E-state index contributed by atoms with van der Waals surface area (Å²) in [5.74, 6) is 2.47. The normalized spacial score (nSPS) is 30.5. The summed E-state index contributed by atoms with van der Waals surface area (Å²) < 4.78 is 0. The zero-order valence-corrected chi connectivity index (χ0v) is 13.1. The summed E-state index contributed by atoms with van der Waals surface area (Å²) in [4.78, 5) is 2.67. The lowest BCUT2D eigenvalue weighted by atomic mass is 9.69. The Morgan fingerprint density at radius 2 is 2.00 bits per heavy atom. The maximum atomic E-state index is 6.23. The van der Waals surface area contributed by atoms with Crippen molar-refractivity contribution in [1.82, 2.24) is 4.90 Å². The van der Waals surface area contributed by atoms with Crippen molar-refractivity contribution in [2.45, 2.75) is 59.0 Å². The molecule has 0 aromatic carbocycles. The van der Waals surface area contributed by atoms with Gasteiger partial charge < -0.3 is 5.73 Å². The quantitative estimate of drug-likeness (QED) is 0.822. The standard InChI is InChI=1S/C14H30N2S/c1-6-12(3)16(7-2)14(10-15)11-17-9-8-13(14,4)5/h12H,6-11,15H2,1-5H3. The Bertz CT molecular complexity index is 242. The van der Waals surface area contributed by atoms with Crippen LogP contribution in [0.1, 0.15) is 47.5 Å². The third kappa shape index (κ3) is 2.66. The van der Waals surface area contributed by atoms with Gasteiger partial charge in [0, 0.05) is 23.9 Å². The second kappa shape index (κ2) is 5.94. The van der Waals surface area contributed by atoms with Crippen molar-refractivity contribution in [2.75, 3.05) is 24.6 Å². The fraction of sp³-hybridized carbons (Fsp3) is 1.00. The molecule has 2 N–H and O–H groups in total. The number of hydrogen-bond donors (Lipinski definition) is 1. The monoisotopic (exact) mass is 258 g/mol. The van der Waals surface area contributed by atoms with E-state index >= 15 is 0 Å². The molecule has 0 aromatic rings. The molecule has 0 spiro atoms. The van der Waals surface area contributed by atoms with Crippen molar-refractivity contribution in [1.29, 1.82) is 0 Å². The molecule has 1 aliphatic rings. The number of hydrogen-bond acceptors (Lipinski definition) is 3. The van der Waals surface area contributed by atoms with Crippen LogP contribution in [0, 0.1) is 5.41 Å². The first-order valence-electron chi connectivity index (χ1n) is 6.99. The van der Waals surface area contributed by atoms with Gasteiger partial charge in [0.25, 0.3) is 0 Å². The third-order valence-corrected chi connectivity index (χ3v) is 6.00. The van der Waals surface area contributed by atoms with E-state index in [0.717, 1.165) is 13.1 Å². The summed E-state index contributed by atoms with van der Waals surface area (Å²) >= 11 is 2.08. The highest BCUT2D eigenvalue weighted by atomic mass is 32.2. The van der Waals surface area contributed by atoms with Gasteiger partial charge in [0.05, 0.1) is 0 Å². The summed E-state index contributed by atoms with van der Waals surface area (Å²) in [5.41, 5.74) is 6.73. The van der Waals surface area contributed by atoms with Gasteiger partial charge in [0.2, 0.25) is 0 Å². The molecular formula is C14H30N2S. The molecule has 0 radical (unpaired) electrons. The van der Waals surface area contributed by atoms with Gasteiger partial charge in [0.1, 0.15) is 0 Å². The van der Waals surface area contributed by atoms with Crippen LogP contribution in [0.15, 0.2) is 0 Å². The maximum Gasteiger partial charge on any atom is 0.0475 e. The largest absolute Gasteiger partial charge is 0.329 e. The topological polar surface area (TPSA) is 29.3 Å². The Morgan fingerprint density at radius 3 is 2.41 bits per heavy atom. The zero-order chi connectivity index (χ0) is 13.1. The van der Waals surface area contributed by atoms with Crippen molar-refractivity contribution < 1.29 is 0 Å². The van der Waals surface area contributed by atoms with Crippen LogP contribution < -0.4 is 5.73 Å². The lowest BCUT2D eigenvalue weighted by molar-refractivity contribution is -0.0211. The van der Waals surface area contributed by atoms with Gasteiger partial charge in [-0.1, -0.05) is 27.7 Å². The fourth-order valence-corrected chi connectivity index (χ4v) is 4.99. The summed E-state index contributed by atoms with van der Waals surface area (Å²) in [7, 11) is 0. The van der Waals surface area contributed by atoms with Crippen LogP contribution in [-0.2, 0) is 0 Å². The van der Waals surface area contributed by atoms with Crippen molar-refractivity contribution >= 4 is 11.8 Å². The fourth-order valence-electron chi connectivity index (χ4n) is 3.18. The van der Waals surface area contributed by atoms with Crippen LogP contribution >= 0.6 is 11.8 Å². The Kier molecular flexibility index (Phi) is 5.36. The van der Waals surface area contributed by atoms with E-state index < -0.39 is 0 Å². The Balaban J connectivity index is 3.06. The van der Waals surface area contributed by atoms with Gasteiger partial charge in [-0.2, -0.15) is 11.8 Å². The molecule has 3 heteroatoms. The molecule has 0 bridgehead atoms. The maximum absolute atomic E-state index is 6.23. The van der Waals surface area contributed by atoms with Gasteiger partial charge >= 0.3 is 0 Å². The van der Waals surface area contributed by atoms with E-state index in [1.165, 1.54) is 24.3 Å². The first kappa shape index (κ1) is 15.3. The van der Waals surface area contributed by atoms with E-state index in [4.69, 9.17) is 5.73 Å². The van der Waals surface area contributed by atoms with E-state index in [-0.39, 0.29) is 5.54 Å². The number of rotatable bonds is 5. The Morgan fingerprint density at radius 1 is 1.35 bits per heavy atom. The van der Waals surface area contributed by atoms with E-state index in [2.05, 4.69) is 51.3 Å². The molecule has 2 unspecified atom stereocenters. The van der Waals surface area contributed by atoms with Crippen LogP contribution in [0.2, 0.25) is 0 Å². The van der Waals surface area contributed by atoms with Crippen molar-refractivity contribution in [2.24, 2.45) is 11.1 Å². The molecule has 1 aliphatic heterocycles. The smallest absolute Gasteiger partial charge is 0.0475 e. The lowest BCUT2D eigenvalue weighted by Gasteiger charge is -2.57. The highest BCUT2D eigenvalue weighted by Gasteiger charge is 2.50. The predicted octanol–water partition coefficient (Wildman–Crippen LogP) is 2.97. The molecule has 1 heterocycles. The molecule has 2 atom stereocenters. The molecule has 1 fully saturated rings. The van der Waals surface area contributed by atoms with Crippen LogP contribution in [0.4, 0.5) is 0 Å². The Hall–Kier alpha value is 0.270. The molecule has 0 amide bonds. The van der Waals surface area contributed by atoms with Gasteiger partial charge in [-0.3, -0.25) is 4.90 Å². The molecule has 0 saturated carbocycles. The summed E-state index contributed by atoms with van der Waals surface area (Å²) in [6.07, 6.45) is 2.48. The first-order valence-corrected chi connectivity index (χ1v) is 8.15. The van der Waals surface area contributed by atoms with Crippen molar-refractivity contribution in [3.05, 3.63) is 0 Å². The zero-order valence-electron chi connectivity index (χ0n) is 12.3. The molecule has 0 aliphatic carbocycles.